The highest BCUT2D eigenvalue weighted by Crippen LogP contribution is 2.28. The van der Waals surface area contributed by atoms with Gasteiger partial charge in [0.2, 0.25) is 29.5 Å². The van der Waals surface area contributed by atoms with Crippen LogP contribution in [0.1, 0.15) is 62.5 Å². The predicted octanol–water partition coefficient (Wildman–Crippen LogP) is -1.25. The maximum atomic E-state index is 14.3. The topological polar surface area (TPSA) is 258 Å². The van der Waals surface area contributed by atoms with Crippen LogP contribution in [0.25, 0.3) is 11.1 Å². The summed E-state index contributed by atoms with van der Waals surface area (Å²) in [7, 11) is 10.6. The third kappa shape index (κ3) is 18.1. The van der Waals surface area contributed by atoms with Gasteiger partial charge in [0, 0.05) is 44.9 Å². The van der Waals surface area contributed by atoms with Crippen LogP contribution in [-0.4, -0.2) is 157 Å². The van der Waals surface area contributed by atoms with Gasteiger partial charge in [0.15, 0.2) is 0 Å². The highest BCUT2D eigenvalue weighted by atomic mass is 16.3. The normalized spacial score (nSPS) is 18.7. The first kappa shape index (κ1) is 52.7. The van der Waals surface area contributed by atoms with Gasteiger partial charge in [-0.2, -0.15) is 0 Å². The molecule has 352 valence electrons. The summed E-state index contributed by atoms with van der Waals surface area (Å²) in [5.41, 5.74) is 2.83. The van der Waals surface area contributed by atoms with Crippen molar-refractivity contribution in [1.29, 1.82) is 0 Å². The Kier molecular flexibility index (Phi) is 24.1. The quantitative estimate of drug-likeness (QED) is 0.0494. The van der Waals surface area contributed by atoms with Crippen molar-refractivity contribution in [2.75, 3.05) is 75.0 Å². The maximum absolute atomic E-state index is 14.3. The molecule has 18 heteroatoms. The molecule has 4 bridgehead atoms. The number of amides is 5. The van der Waals surface area contributed by atoms with Gasteiger partial charge in [-0.05, 0) is 135 Å². The zero-order valence-corrected chi connectivity index (χ0v) is 38.1. The standard InChI is InChI=1S/C45H75N11O7/c1-46-19-10-14-33(49-4)27-53-41(59)35(50-5)15-7-8-21-52-42(60)36(16-11-20-47-2)54-44(62)38-23-29-12-9-13-30(22-29)31-17-18-40(58)32(24-31)25-37(51-6)43(61)56-39(45(63)55-38)26-34(57)28-48-3/h9,12-13,17-18,22,24,33-39,46-51,57-58H,7-8,10-11,14-16,19-21,23,25-28H2,1-6H3,(H,52,60)(H,53,59)(H,54,62)(H,55,63)(H,56,61)/t33-,34+,35-,36+,37-,38-,39-/m0/s1. The summed E-state index contributed by atoms with van der Waals surface area (Å²) in [5, 5.41) is 54.5. The van der Waals surface area contributed by atoms with Crippen LogP contribution < -0.4 is 58.5 Å². The Hall–Kier alpha value is -4.69. The average Bonchev–Trinajstić information content (AvgIpc) is 3.27. The molecule has 0 saturated carbocycles. The lowest BCUT2D eigenvalue weighted by Gasteiger charge is -2.27. The van der Waals surface area contributed by atoms with E-state index in [9.17, 15) is 34.2 Å². The number of nitrogens with one attached hydrogen (secondary N) is 11. The maximum Gasteiger partial charge on any atom is 0.243 e. The Bertz CT molecular complexity index is 1730. The smallest absolute Gasteiger partial charge is 0.243 e. The Balaban J connectivity index is 1.79. The van der Waals surface area contributed by atoms with Crippen molar-refractivity contribution < 1.29 is 34.2 Å². The van der Waals surface area contributed by atoms with Gasteiger partial charge in [0.1, 0.15) is 23.9 Å². The molecule has 13 N–H and O–H groups in total. The molecule has 1 aliphatic rings. The first-order valence-electron chi connectivity index (χ1n) is 22.4. The monoisotopic (exact) mass is 882 g/mol. The fraction of sp³-hybridized carbons (Fsp3) is 0.622. The van der Waals surface area contributed by atoms with Crippen LogP contribution in [0.15, 0.2) is 42.5 Å². The van der Waals surface area contributed by atoms with E-state index < -0.39 is 48.0 Å². The van der Waals surface area contributed by atoms with Crippen molar-refractivity contribution in [3.63, 3.8) is 0 Å². The Morgan fingerprint density at radius 1 is 0.714 bits per heavy atom. The molecule has 1 heterocycles. The number of aliphatic hydroxyl groups is 1. The number of phenols is 1. The summed E-state index contributed by atoms with van der Waals surface area (Å²) in [6, 6.07) is 8.26. The number of carbonyl (C=O) groups is 5. The number of likely N-dealkylation sites (N-methyl/N-ethyl adjacent to an activating group) is 4. The van der Waals surface area contributed by atoms with Gasteiger partial charge in [-0.15, -0.1) is 0 Å². The number of benzene rings is 2. The van der Waals surface area contributed by atoms with E-state index in [0.717, 1.165) is 36.1 Å². The molecule has 0 radical (unpaired) electrons. The van der Waals surface area contributed by atoms with E-state index in [1.807, 2.05) is 44.4 Å². The van der Waals surface area contributed by atoms with Crippen LogP contribution in [0.5, 0.6) is 5.75 Å². The van der Waals surface area contributed by atoms with Crippen molar-refractivity contribution in [2.45, 2.75) is 107 Å². The summed E-state index contributed by atoms with van der Waals surface area (Å²) in [4.78, 5) is 68.8. The zero-order valence-electron chi connectivity index (χ0n) is 38.1. The molecule has 5 amide bonds. The number of hydrogen-bond acceptors (Lipinski definition) is 13. The predicted molar refractivity (Wildman–Crippen MR) is 246 cm³/mol. The summed E-state index contributed by atoms with van der Waals surface area (Å²) in [6.07, 6.45) is 3.68. The minimum absolute atomic E-state index is 0.0170. The Morgan fingerprint density at radius 2 is 1.41 bits per heavy atom. The van der Waals surface area contributed by atoms with E-state index >= 15 is 0 Å². The van der Waals surface area contributed by atoms with Gasteiger partial charge in [-0.3, -0.25) is 24.0 Å². The van der Waals surface area contributed by atoms with Crippen LogP contribution in [-0.2, 0) is 36.8 Å². The van der Waals surface area contributed by atoms with Crippen molar-refractivity contribution in [3.05, 3.63) is 53.6 Å². The summed E-state index contributed by atoms with van der Waals surface area (Å²) >= 11 is 0. The lowest BCUT2D eigenvalue weighted by Crippen LogP contribution is -2.59. The minimum atomic E-state index is -1.23. The molecule has 7 atom stereocenters. The SMILES string of the molecule is CNCCC[C@@H](CNC(=O)[C@H](CCCCNC(=O)[C@@H](CCCNC)NC(=O)[C@@H]1Cc2cccc(c2)-c2ccc(O)c(c2)C[C@H](NC)C(=O)N[C@@H](C[C@@H](O)CNC)C(=O)N1)NC)NC. The first-order valence-corrected chi connectivity index (χ1v) is 22.4. The number of aromatic hydroxyl groups is 1. The number of aliphatic hydroxyl groups excluding tert-OH is 1. The molecule has 18 nitrogen and oxygen atoms in total. The third-order valence-electron chi connectivity index (χ3n) is 11.4. The molecule has 3 rings (SSSR count). The number of fused-ring (bicyclic) bond motifs is 5. The lowest BCUT2D eigenvalue weighted by atomic mass is 9.95. The number of carbonyl (C=O) groups excluding carboxylic acids is 5. The van der Waals surface area contributed by atoms with E-state index in [1.165, 1.54) is 0 Å². The highest BCUT2D eigenvalue weighted by Gasteiger charge is 2.33. The lowest BCUT2D eigenvalue weighted by molar-refractivity contribution is -0.134. The highest BCUT2D eigenvalue weighted by molar-refractivity contribution is 5.95. The first-order chi connectivity index (χ1) is 30.4. The van der Waals surface area contributed by atoms with Crippen LogP contribution in [0, 0.1) is 0 Å². The summed E-state index contributed by atoms with van der Waals surface area (Å²) in [5.74, 6) is -2.23. The number of unbranched alkanes of at least 4 members (excludes halogenated alkanes) is 1. The van der Waals surface area contributed by atoms with E-state index in [4.69, 9.17) is 0 Å². The van der Waals surface area contributed by atoms with Crippen molar-refractivity contribution in [1.82, 2.24) is 58.5 Å². The fourth-order valence-corrected chi connectivity index (χ4v) is 7.62. The van der Waals surface area contributed by atoms with Crippen LogP contribution in [0.2, 0.25) is 0 Å². The van der Waals surface area contributed by atoms with Gasteiger partial charge in [-0.1, -0.05) is 30.3 Å². The van der Waals surface area contributed by atoms with Crippen molar-refractivity contribution >= 4 is 29.5 Å². The van der Waals surface area contributed by atoms with Crippen molar-refractivity contribution in [3.8, 4) is 16.9 Å². The fourth-order valence-electron chi connectivity index (χ4n) is 7.62. The van der Waals surface area contributed by atoms with Crippen molar-refractivity contribution in [2.24, 2.45) is 0 Å². The zero-order chi connectivity index (χ0) is 46.1. The molecule has 0 aliphatic carbocycles. The van der Waals surface area contributed by atoms with Gasteiger partial charge in [-0.25, -0.2) is 0 Å². The van der Waals surface area contributed by atoms with Gasteiger partial charge >= 0.3 is 0 Å². The number of rotatable bonds is 26. The molecule has 63 heavy (non-hydrogen) atoms. The molecule has 0 fully saturated rings. The molecule has 2 aromatic rings. The van der Waals surface area contributed by atoms with Gasteiger partial charge in [0.25, 0.3) is 0 Å². The van der Waals surface area contributed by atoms with E-state index in [2.05, 4.69) is 58.5 Å². The largest absolute Gasteiger partial charge is 0.508 e. The Labute approximate surface area is 373 Å². The molecule has 1 aliphatic heterocycles. The molecular weight excluding hydrogens is 807 g/mol. The summed E-state index contributed by atoms with van der Waals surface area (Å²) < 4.78 is 0. The molecule has 2 aromatic carbocycles. The Morgan fingerprint density at radius 3 is 2.10 bits per heavy atom. The number of hydrogen-bond donors (Lipinski definition) is 13. The minimum Gasteiger partial charge on any atom is -0.508 e. The second-order valence-electron chi connectivity index (χ2n) is 16.3. The molecular formula is C45H75N11O7. The average molecular weight is 882 g/mol. The summed E-state index contributed by atoms with van der Waals surface area (Å²) in [6.45, 7) is 2.52. The van der Waals surface area contributed by atoms with Crippen LogP contribution in [0.3, 0.4) is 0 Å². The van der Waals surface area contributed by atoms with E-state index in [1.54, 1.807) is 40.3 Å². The molecule has 0 spiro atoms. The molecule has 0 saturated heterocycles. The number of phenolic OH excluding ortho intramolecular Hbond substituents is 1. The third-order valence-corrected chi connectivity index (χ3v) is 11.4. The molecule has 0 aromatic heterocycles. The van der Waals surface area contributed by atoms with E-state index in [-0.39, 0.29) is 55.5 Å². The second-order valence-corrected chi connectivity index (χ2v) is 16.3. The van der Waals surface area contributed by atoms with Gasteiger partial charge in [0.05, 0.1) is 18.2 Å². The molecule has 0 unspecified atom stereocenters. The van der Waals surface area contributed by atoms with Crippen LogP contribution >= 0.6 is 0 Å². The second kappa shape index (κ2) is 28.9. The van der Waals surface area contributed by atoms with Crippen LogP contribution in [0.4, 0.5) is 0 Å². The van der Waals surface area contributed by atoms with E-state index in [0.29, 0.717) is 57.3 Å². The van der Waals surface area contributed by atoms with Gasteiger partial charge < -0.3 is 68.7 Å².